The van der Waals surface area contributed by atoms with Crippen molar-refractivity contribution in [3.8, 4) is 5.75 Å². The van der Waals surface area contributed by atoms with Crippen LogP contribution in [0.25, 0.3) is 0 Å². The van der Waals surface area contributed by atoms with Gasteiger partial charge in [0.05, 0.1) is 7.11 Å². The molecule has 0 fully saturated rings. The van der Waals surface area contributed by atoms with Crippen LogP contribution in [0.1, 0.15) is 16.8 Å². The highest BCUT2D eigenvalue weighted by Crippen LogP contribution is 2.10. The number of hydrogen-bond acceptors (Lipinski definition) is 3. The lowest BCUT2D eigenvalue weighted by Crippen LogP contribution is -2.27. The molecule has 1 amide bonds. The molecule has 0 aliphatic carbocycles. The zero-order valence-electron chi connectivity index (χ0n) is 10.7. The highest BCUT2D eigenvalue weighted by Gasteiger charge is 2.04. The van der Waals surface area contributed by atoms with Gasteiger partial charge in [0.2, 0.25) is 0 Å². The predicted molar refractivity (Wildman–Crippen MR) is 68.5 cm³/mol. The molecule has 0 aliphatic rings. The number of carbonyl (C=O) groups is 1. The van der Waals surface area contributed by atoms with Crippen molar-refractivity contribution in [3.05, 3.63) is 29.8 Å². The lowest BCUT2D eigenvalue weighted by Gasteiger charge is -2.10. The predicted octanol–water partition coefficient (Wildman–Crippen LogP) is 1.38. The fraction of sp³-hybridized carbons (Fsp3) is 0.462. The molecule has 0 unspecified atom stereocenters. The number of amides is 1. The molecule has 0 radical (unpaired) electrons. The minimum Gasteiger partial charge on any atom is -0.497 e. The lowest BCUT2D eigenvalue weighted by molar-refractivity contribution is 0.0952. The number of nitrogens with one attached hydrogen (secondary N) is 1. The summed E-state index contributed by atoms with van der Waals surface area (Å²) in [5.41, 5.74) is 0.663. The van der Waals surface area contributed by atoms with Gasteiger partial charge in [-0.25, -0.2) is 0 Å². The summed E-state index contributed by atoms with van der Waals surface area (Å²) in [5.74, 6) is 0.723. The minimum absolute atomic E-state index is 0.0357. The molecule has 1 aromatic carbocycles. The lowest BCUT2D eigenvalue weighted by atomic mass is 10.2. The van der Waals surface area contributed by atoms with Crippen LogP contribution in [-0.2, 0) is 0 Å². The molecule has 0 saturated carbocycles. The van der Waals surface area contributed by atoms with Gasteiger partial charge in [-0.3, -0.25) is 4.79 Å². The second-order valence-corrected chi connectivity index (χ2v) is 4.14. The Morgan fingerprint density at radius 2 is 1.94 bits per heavy atom. The number of rotatable bonds is 6. The van der Waals surface area contributed by atoms with Gasteiger partial charge in [-0.15, -0.1) is 0 Å². The van der Waals surface area contributed by atoms with E-state index in [2.05, 4.69) is 10.2 Å². The maximum Gasteiger partial charge on any atom is 0.251 e. The summed E-state index contributed by atoms with van der Waals surface area (Å²) in [6.45, 7) is 1.67. The molecule has 0 saturated heterocycles. The summed E-state index contributed by atoms with van der Waals surface area (Å²) < 4.78 is 5.04. The molecule has 0 atom stereocenters. The first-order chi connectivity index (χ1) is 8.13. The van der Waals surface area contributed by atoms with E-state index in [0.717, 1.165) is 18.7 Å². The first kappa shape index (κ1) is 13.5. The Morgan fingerprint density at radius 3 is 2.47 bits per heavy atom. The highest BCUT2D eigenvalue weighted by molar-refractivity contribution is 5.94. The van der Waals surface area contributed by atoms with Gasteiger partial charge < -0.3 is 15.0 Å². The van der Waals surface area contributed by atoms with Crippen molar-refractivity contribution >= 4 is 5.91 Å². The molecule has 1 rings (SSSR count). The van der Waals surface area contributed by atoms with E-state index in [1.54, 1.807) is 31.4 Å². The Kier molecular flexibility index (Phi) is 5.49. The largest absolute Gasteiger partial charge is 0.497 e. The van der Waals surface area contributed by atoms with Gasteiger partial charge in [0.25, 0.3) is 5.91 Å². The van der Waals surface area contributed by atoms with E-state index < -0.39 is 0 Å². The number of carbonyl (C=O) groups excluding carboxylic acids is 1. The van der Waals surface area contributed by atoms with E-state index in [-0.39, 0.29) is 5.91 Å². The van der Waals surface area contributed by atoms with Crippen LogP contribution >= 0.6 is 0 Å². The van der Waals surface area contributed by atoms with Gasteiger partial charge in [0, 0.05) is 12.1 Å². The number of methoxy groups -OCH3 is 1. The fourth-order valence-corrected chi connectivity index (χ4v) is 1.44. The van der Waals surface area contributed by atoms with E-state index in [1.807, 2.05) is 14.1 Å². The van der Waals surface area contributed by atoms with Gasteiger partial charge in [-0.1, -0.05) is 0 Å². The third-order valence-corrected chi connectivity index (χ3v) is 2.42. The van der Waals surface area contributed by atoms with E-state index in [1.165, 1.54) is 0 Å². The molecular formula is C13H20N2O2. The molecule has 4 nitrogen and oxygen atoms in total. The van der Waals surface area contributed by atoms with Crippen LogP contribution in [0.15, 0.2) is 24.3 Å². The maximum atomic E-state index is 11.7. The third kappa shape index (κ3) is 4.87. The molecule has 1 N–H and O–H groups in total. The number of hydrogen-bond donors (Lipinski definition) is 1. The molecule has 17 heavy (non-hydrogen) atoms. The summed E-state index contributed by atoms with van der Waals surface area (Å²) in [5, 5.41) is 2.89. The zero-order chi connectivity index (χ0) is 12.7. The second kappa shape index (κ2) is 6.91. The fourth-order valence-electron chi connectivity index (χ4n) is 1.44. The number of benzene rings is 1. The Labute approximate surface area is 103 Å². The van der Waals surface area contributed by atoms with E-state index in [4.69, 9.17) is 4.74 Å². The SMILES string of the molecule is COc1ccc(C(=O)NCCCN(C)C)cc1. The van der Waals surface area contributed by atoms with Crippen molar-refractivity contribution in [1.82, 2.24) is 10.2 Å². The molecule has 0 bridgehead atoms. The van der Waals surface area contributed by atoms with Crippen molar-refractivity contribution in [1.29, 1.82) is 0 Å². The summed E-state index contributed by atoms with van der Waals surface area (Å²) >= 11 is 0. The molecule has 0 aliphatic heterocycles. The Hall–Kier alpha value is -1.55. The first-order valence-electron chi connectivity index (χ1n) is 5.70. The molecule has 0 aromatic heterocycles. The molecule has 0 heterocycles. The monoisotopic (exact) mass is 236 g/mol. The van der Waals surface area contributed by atoms with E-state index in [0.29, 0.717) is 12.1 Å². The molecular weight excluding hydrogens is 216 g/mol. The van der Waals surface area contributed by atoms with Gasteiger partial charge >= 0.3 is 0 Å². The normalized spacial score (nSPS) is 10.4. The third-order valence-electron chi connectivity index (χ3n) is 2.42. The van der Waals surface area contributed by atoms with E-state index in [9.17, 15) is 4.79 Å². The zero-order valence-corrected chi connectivity index (χ0v) is 10.7. The van der Waals surface area contributed by atoms with Crippen molar-refractivity contribution in [3.63, 3.8) is 0 Å². The molecule has 4 heteroatoms. The van der Waals surface area contributed by atoms with Crippen LogP contribution in [0.5, 0.6) is 5.75 Å². The van der Waals surface area contributed by atoms with Crippen LogP contribution in [0.4, 0.5) is 0 Å². The standard InChI is InChI=1S/C13H20N2O2/c1-15(2)10-4-9-14-13(16)11-5-7-12(17-3)8-6-11/h5-8H,4,9-10H2,1-3H3,(H,14,16). The summed E-state index contributed by atoms with van der Waals surface area (Å²) in [4.78, 5) is 13.8. The van der Waals surface area contributed by atoms with E-state index >= 15 is 0 Å². The van der Waals surface area contributed by atoms with Crippen LogP contribution in [0.2, 0.25) is 0 Å². The van der Waals surface area contributed by atoms with Gasteiger partial charge in [-0.2, -0.15) is 0 Å². The maximum absolute atomic E-state index is 11.7. The van der Waals surface area contributed by atoms with Gasteiger partial charge in [0.15, 0.2) is 0 Å². The summed E-state index contributed by atoms with van der Waals surface area (Å²) in [6.07, 6.45) is 0.953. The molecule has 94 valence electrons. The first-order valence-corrected chi connectivity index (χ1v) is 5.70. The summed E-state index contributed by atoms with van der Waals surface area (Å²) in [6, 6.07) is 7.10. The Morgan fingerprint density at radius 1 is 1.29 bits per heavy atom. The number of ether oxygens (including phenoxy) is 1. The summed E-state index contributed by atoms with van der Waals surface area (Å²) in [7, 11) is 5.65. The highest BCUT2D eigenvalue weighted by atomic mass is 16.5. The molecule has 1 aromatic rings. The van der Waals surface area contributed by atoms with Crippen molar-refractivity contribution < 1.29 is 9.53 Å². The van der Waals surface area contributed by atoms with Gasteiger partial charge in [0.1, 0.15) is 5.75 Å². The van der Waals surface area contributed by atoms with Gasteiger partial charge in [-0.05, 0) is 51.3 Å². The Balaban J connectivity index is 2.36. The average molecular weight is 236 g/mol. The topological polar surface area (TPSA) is 41.6 Å². The van der Waals surface area contributed by atoms with Crippen LogP contribution in [-0.4, -0.2) is 45.1 Å². The number of nitrogens with zero attached hydrogens (tertiary/aromatic N) is 1. The van der Waals surface area contributed by atoms with Crippen LogP contribution in [0.3, 0.4) is 0 Å². The van der Waals surface area contributed by atoms with Crippen molar-refractivity contribution in [2.24, 2.45) is 0 Å². The smallest absolute Gasteiger partial charge is 0.251 e. The second-order valence-electron chi connectivity index (χ2n) is 4.14. The minimum atomic E-state index is -0.0357. The quantitative estimate of drug-likeness (QED) is 0.759. The van der Waals surface area contributed by atoms with Crippen molar-refractivity contribution in [2.45, 2.75) is 6.42 Å². The average Bonchev–Trinajstić information content (AvgIpc) is 2.34. The molecule has 0 spiro atoms. The van der Waals surface area contributed by atoms with Crippen LogP contribution < -0.4 is 10.1 Å². The Bertz CT molecular complexity index is 347. The van der Waals surface area contributed by atoms with Crippen molar-refractivity contribution in [2.75, 3.05) is 34.3 Å². The van der Waals surface area contributed by atoms with Crippen LogP contribution in [0, 0.1) is 0 Å².